The van der Waals surface area contributed by atoms with Crippen molar-refractivity contribution in [1.82, 2.24) is 4.90 Å². The average molecular weight is 199 g/mol. The Morgan fingerprint density at radius 3 is 2.07 bits per heavy atom. The molecule has 1 rings (SSSR count). The van der Waals surface area contributed by atoms with Gasteiger partial charge in [-0.15, -0.1) is 0 Å². The largest absolute Gasteiger partial charge is 0.342 e. The van der Waals surface area contributed by atoms with Crippen LogP contribution >= 0.6 is 0 Å². The number of hydrogen-bond donors (Lipinski definition) is 0. The highest BCUT2D eigenvalue weighted by Crippen LogP contribution is 2.23. The molecule has 84 valence electrons. The minimum Gasteiger partial charge on any atom is -0.342 e. The van der Waals surface area contributed by atoms with Crippen molar-refractivity contribution >= 4 is 5.91 Å². The molecule has 1 amide bonds. The molecule has 0 aromatic carbocycles. The quantitative estimate of drug-likeness (QED) is 0.587. The maximum atomic E-state index is 11.7. The third kappa shape index (κ3) is 3.69. The van der Waals surface area contributed by atoms with Gasteiger partial charge in [0.15, 0.2) is 0 Å². The first-order valence-electron chi connectivity index (χ1n) is 5.70. The molecule has 0 aromatic heterocycles. The van der Waals surface area contributed by atoms with Gasteiger partial charge in [-0.1, -0.05) is 41.5 Å². The molecule has 0 radical (unpaired) electrons. The van der Waals surface area contributed by atoms with Crippen LogP contribution in [-0.2, 0) is 4.79 Å². The molecule has 1 atom stereocenters. The van der Waals surface area contributed by atoms with Crippen molar-refractivity contribution in [2.24, 2.45) is 11.3 Å². The Morgan fingerprint density at radius 1 is 1.29 bits per heavy atom. The van der Waals surface area contributed by atoms with Gasteiger partial charge in [-0.2, -0.15) is 0 Å². The van der Waals surface area contributed by atoms with E-state index in [1.165, 1.54) is 6.42 Å². The van der Waals surface area contributed by atoms with Crippen molar-refractivity contribution in [3.05, 3.63) is 0 Å². The molecule has 0 aliphatic carbocycles. The highest BCUT2D eigenvalue weighted by Gasteiger charge is 2.30. The topological polar surface area (TPSA) is 20.3 Å². The van der Waals surface area contributed by atoms with Crippen LogP contribution in [0.2, 0.25) is 0 Å². The standard InChI is InChI=1S/C10H19NO.C2H6/c1-8-5-6-11(7-8)9(12)10(2,3)4;1-2/h8H,5-7H2,1-4H3;1-2H3. The van der Waals surface area contributed by atoms with Gasteiger partial charge in [0.2, 0.25) is 5.91 Å². The molecule has 0 aromatic rings. The van der Waals surface area contributed by atoms with Crippen molar-refractivity contribution in [1.29, 1.82) is 0 Å². The lowest BCUT2D eigenvalue weighted by Gasteiger charge is -2.25. The van der Waals surface area contributed by atoms with Crippen LogP contribution in [0.3, 0.4) is 0 Å². The second-order valence-corrected chi connectivity index (χ2v) is 4.90. The SMILES string of the molecule is CC.CC1CCN(C(=O)C(C)(C)C)C1. The van der Waals surface area contributed by atoms with E-state index in [4.69, 9.17) is 0 Å². The molecule has 0 bridgehead atoms. The molecule has 1 saturated heterocycles. The number of rotatable bonds is 0. The first-order chi connectivity index (χ1) is 6.41. The van der Waals surface area contributed by atoms with E-state index in [1.54, 1.807) is 0 Å². The van der Waals surface area contributed by atoms with Crippen molar-refractivity contribution in [3.8, 4) is 0 Å². The van der Waals surface area contributed by atoms with Gasteiger partial charge in [-0.25, -0.2) is 0 Å². The summed E-state index contributed by atoms with van der Waals surface area (Å²) in [4.78, 5) is 13.7. The van der Waals surface area contributed by atoms with Gasteiger partial charge in [0.25, 0.3) is 0 Å². The predicted molar refractivity (Wildman–Crippen MR) is 61.2 cm³/mol. The first-order valence-corrected chi connectivity index (χ1v) is 5.70. The Labute approximate surface area is 88.7 Å². The summed E-state index contributed by atoms with van der Waals surface area (Å²) in [7, 11) is 0. The molecule has 0 spiro atoms. The Bertz CT molecular complexity index is 181. The fourth-order valence-electron chi connectivity index (χ4n) is 1.59. The van der Waals surface area contributed by atoms with Crippen molar-refractivity contribution in [2.45, 2.75) is 48.0 Å². The number of hydrogen-bond acceptors (Lipinski definition) is 1. The summed E-state index contributed by atoms with van der Waals surface area (Å²) >= 11 is 0. The number of nitrogens with zero attached hydrogens (tertiary/aromatic N) is 1. The summed E-state index contributed by atoms with van der Waals surface area (Å²) in [5.74, 6) is 0.989. The van der Waals surface area contributed by atoms with Gasteiger partial charge >= 0.3 is 0 Å². The Balaban J connectivity index is 0.000000791. The van der Waals surface area contributed by atoms with E-state index < -0.39 is 0 Å². The highest BCUT2D eigenvalue weighted by molar-refractivity contribution is 5.81. The van der Waals surface area contributed by atoms with Crippen LogP contribution in [-0.4, -0.2) is 23.9 Å². The van der Waals surface area contributed by atoms with Crippen molar-refractivity contribution in [2.75, 3.05) is 13.1 Å². The molecule has 2 nitrogen and oxygen atoms in total. The van der Waals surface area contributed by atoms with Gasteiger partial charge in [0.05, 0.1) is 0 Å². The van der Waals surface area contributed by atoms with E-state index in [-0.39, 0.29) is 5.41 Å². The van der Waals surface area contributed by atoms with Crippen LogP contribution in [0, 0.1) is 11.3 Å². The summed E-state index contributed by atoms with van der Waals surface area (Å²) in [6.07, 6.45) is 1.17. The third-order valence-corrected chi connectivity index (χ3v) is 2.35. The molecule has 1 fully saturated rings. The van der Waals surface area contributed by atoms with E-state index >= 15 is 0 Å². The predicted octanol–water partition coefficient (Wildman–Crippen LogP) is 2.93. The second kappa shape index (κ2) is 5.38. The van der Waals surface area contributed by atoms with E-state index in [0.29, 0.717) is 11.8 Å². The van der Waals surface area contributed by atoms with E-state index in [2.05, 4.69) is 6.92 Å². The third-order valence-electron chi connectivity index (χ3n) is 2.35. The Kier molecular flexibility index (Phi) is 5.17. The van der Waals surface area contributed by atoms with Gasteiger partial charge in [-0.3, -0.25) is 4.79 Å². The van der Waals surface area contributed by atoms with E-state index in [9.17, 15) is 4.79 Å². The average Bonchev–Trinajstić information content (AvgIpc) is 2.52. The molecular weight excluding hydrogens is 174 g/mol. The zero-order chi connectivity index (χ0) is 11.4. The number of likely N-dealkylation sites (tertiary alicyclic amines) is 1. The van der Waals surface area contributed by atoms with Crippen LogP contribution in [0.15, 0.2) is 0 Å². The summed E-state index contributed by atoms with van der Waals surface area (Å²) in [6.45, 7) is 14.1. The molecule has 1 aliphatic rings. The lowest BCUT2D eigenvalue weighted by Crippen LogP contribution is -2.37. The van der Waals surface area contributed by atoms with Crippen LogP contribution in [0.5, 0.6) is 0 Å². The van der Waals surface area contributed by atoms with Crippen LogP contribution in [0.1, 0.15) is 48.0 Å². The zero-order valence-electron chi connectivity index (χ0n) is 10.6. The summed E-state index contributed by atoms with van der Waals surface area (Å²) < 4.78 is 0. The first kappa shape index (κ1) is 13.5. The molecule has 1 aliphatic heterocycles. The Morgan fingerprint density at radius 2 is 1.79 bits per heavy atom. The number of carbonyl (C=O) groups is 1. The zero-order valence-corrected chi connectivity index (χ0v) is 10.6. The maximum Gasteiger partial charge on any atom is 0.227 e. The molecule has 1 unspecified atom stereocenters. The summed E-state index contributed by atoms with van der Waals surface area (Å²) in [5, 5.41) is 0. The minimum absolute atomic E-state index is 0.204. The molecule has 1 heterocycles. The highest BCUT2D eigenvalue weighted by atomic mass is 16.2. The van der Waals surface area contributed by atoms with Gasteiger partial charge in [-0.05, 0) is 12.3 Å². The van der Waals surface area contributed by atoms with Gasteiger partial charge < -0.3 is 4.90 Å². The fourth-order valence-corrected chi connectivity index (χ4v) is 1.59. The molecular formula is C12H25NO. The lowest BCUT2D eigenvalue weighted by molar-refractivity contribution is -0.138. The van der Waals surface area contributed by atoms with Crippen LogP contribution in [0.25, 0.3) is 0 Å². The molecule has 2 heteroatoms. The monoisotopic (exact) mass is 199 g/mol. The summed E-state index contributed by atoms with van der Waals surface area (Å²) in [6, 6.07) is 0. The molecule has 0 N–H and O–H groups in total. The molecule has 14 heavy (non-hydrogen) atoms. The minimum atomic E-state index is -0.204. The van der Waals surface area contributed by atoms with E-state index in [1.807, 2.05) is 39.5 Å². The van der Waals surface area contributed by atoms with Crippen LogP contribution < -0.4 is 0 Å². The normalized spacial score (nSPS) is 21.6. The van der Waals surface area contributed by atoms with Gasteiger partial charge in [0.1, 0.15) is 0 Å². The number of amides is 1. The summed E-state index contributed by atoms with van der Waals surface area (Å²) in [5.41, 5.74) is -0.204. The Hall–Kier alpha value is -0.530. The fraction of sp³-hybridized carbons (Fsp3) is 0.917. The lowest BCUT2D eigenvalue weighted by atomic mass is 9.95. The number of carbonyl (C=O) groups excluding carboxylic acids is 1. The van der Waals surface area contributed by atoms with Crippen molar-refractivity contribution < 1.29 is 4.79 Å². The van der Waals surface area contributed by atoms with E-state index in [0.717, 1.165) is 13.1 Å². The smallest absolute Gasteiger partial charge is 0.227 e. The molecule has 0 saturated carbocycles. The maximum absolute atomic E-state index is 11.7. The van der Waals surface area contributed by atoms with Gasteiger partial charge in [0, 0.05) is 18.5 Å². The van der Waals surface area contributed by atoms with Crippen LogP contribution in [0.4, 0.5) is 0 Å². The van der Waals surface area contributed by atoms with Crippen molar-refractivity contribution in [3.63, 3.8) is 0 Å². The second-order valence-electron chi connectivity index (χ2n) is 4.90.